The third-order valence-corrected chi connectivity index (χ3v) is 5.31. The van der Waals surface area contributed by atoms with Crippen LogP contribution in [0.3, 0.4) is 0 Å². The molecule has 2 aromatic carbocycles. The Labute approximate surface area is 141 Å². The molecule has 0 atom stereocenters. The average Bonchev–Trinajstić information content (AvgIpc) is 2.44. The number of rotatable bonds is 4. The van der Waals surface area contributed by atoms with Crippen molar-refractivity contribution in [2.45, 2.75) is 18.7 Å². The van der Waals surface area contributed by atoms with E-state index in [1.54, 1.807) is 13.8 Å². The molecule has 0 aliphatic heterocycles. The van der Waals surface area contributed by atoms with Gasteiger partial charge in [-0.25, -0.2) is 17.6 Å². The molecule has 2 rings (SSSR count). The molecule has 2 N–H and O–H groups in total. The lowest BCUT2D eigenvalue weighted by atomic mass is 10.1. The van der Waals surface area contributed by atoms with Crippen LogP contribution in [-0.2, 0) is 10.0 Å². The number of carboxylic acid groups (broad SMARTS) is 1. The fourth-order valence-electron chi connectivity index (χ4n) is 2.01. The van der Waals surface area contributed by atoms with Crippen molar-refractivity contribution in [2.24, 2.45) is 0 Å². The van der Waals surface area contributed by atoms with Crippen LogP contribution in [-0.4, -0.2) is 19.5 Å². The van der Waals surface area contributed by atoms with Crippen molar-refractivity contribution < 1.29 is 22.7 Å². The third kappa shape index (κ3) is 3.70. The highest BCUT2D eigenvalue weighted by molar-refractivity contribution is 9.10. The second kappa shape index (κ2) is 6.29. The normalized spacial score (nSPS) is 11.3. The molecule has 0 aliphatic carbocycles. The van der Waals surface area contributed by atoms with Gasteiger partial charge in [0.05, 0.1) is 16.1 Å². The van der Waals surface area contributed by atoms with E-state index in [0.717, 1.165) is 12.1 Å². The number of carboxylic acids is 1. The first-order valence-electron chi connectivity index (χ1n) is 6.44. The minimum absolute atomic E-state index is 0.150. The molecule has 23 heavy (non-hydrogen) atoms. The molecular weight excluding hydrogens is 389 g/mol. The fraction of sp³-hybridized carbons (Fsp3) is 0.133. The zero-order valence-corrected chi connectivity index (χ0v) is 14.6. The quantitative estimate of drug-likeness (QED) is 0.817. The van der Waals surface area contributed by atoms with Gasteiger partial charge in [-0.15, -0.1) is 0 Å². The van der Waals surface area contributed by atoms with Gasteiger partial charge in [-0.3, -0.25) is 4.72 Å². The summed E-state index contributed by atoms with van der Waals surface area (Å²) in [7, 11) is -4.14. The Hall–Kier alpha value is -1.93. The Morgan fingerprint density at radius 2 is 1.87 bits per heavy atom. The molecule has 122 valence electrons. The lowest BCUT2D eigenvalue weighted by Crippen LogP contribution is -2.16. The number of carbonyl (C=O) groups is 1. The van der Waals surface area contributed by atoms with Crippen molar-refractivity contribution >= 4 is 37.6 Å². The van der Waals surface area contributed by atoms with Gasteiger partial charge in [-0.1, -0.05) is 15.9 Å². The van der Waals surface area contributed by atoms with E-state index in [0.29, 0.717) is 15.6 Å². The average molecular weight is 402 g/mol. The van der Waals surface area contributed by atoms with Crippen LogP contribution in [0.5, 0.6) is 0 Å². The standard InChI is InChI=1S/C15H13BrFNO4S/c1-8-5-10(15(19)20)6-14(9(8)2)23(21,22)18-13-7-11(16)3-4-12(13)17/h3-7,18H,1-2H3,(H,19,20). The number of aryl methyl sites for hydroxylation is 1. The summed E-state index contributed by atoms with van der Waals surface area (Å²) in [6.45, 7) is 3.17. The smallest absolute Gasteiger partial charge is 0.335 e. The Morgan fingerprint density at radius 1 is 1.22 bits per heavy atom. The summed E-state index contributed by atoms with van der Waals surface area (Å²) in [6, 6.07) is 6.29. The van der Waals surface area contributed by atoms with Gasteiger partial charge in [0.25, 0.3) is 10.0 Å². The third-order valence-electron chi connectivity index (χ3n) is 3.33. The highest BCUT2D eigenvalue weighted by Gasteiger charge is 2.22. The van der Waals surface area contributed by atoms with Gasteiger partial charge in [-0.2, -0.15) is 0 Å². The van der Waals surface area contributed by atoms with Gasteiger partial charge in [0.2, 0.25) is 0 Å². The van der Waals surface area contributed by atoms with E-state index in [2.05, 4.69) is 20.7 Å². The lowest BCUT2D eigenvalue weighted by Gasteiger charge is -2.14. The molecule has 0 radical (unpaired) electrons. The number of halogens is 2. The van der Waals surface area contributed by atoms with E-state index in [-0.39, 0.29) is 16.1 Å². The Kier molecular flexibility index (Phi) is 4.76. The molecule has 0 fully saturated rings. The monoisotopic (exact) mass is 401 g/mol. The molecule has 0 amide bonds. The fourth-order valence-corrected chi connectivity index (χ4v) is 3.77. The van der Waals surface area contributed by atoms with Gasteiger partial charge in [0.1, 0.15) is 5.82 Å². The molecule has 0 aliphatic rings. The van der Waals surface area contributed by atoms with Crippen LogP contribution in [0.25, 0.3) is 0 Å². The van der Waals surface area contributed by atoms with E-state index in [1.165, 1.54) is 18.2 Å². The number of nitrogens with one attached hydrogen (secondary N) is 1. The molecule has 0 saturated heterocycles. The van der Waals surface area contributed by atoms with Gasteiger partial charge in [-0.05, 0) is 55.3 Å². The van der Waals surface area contributed by atoms with Crippen molar-refractivity contribution in [3.05, 3.63) is 57.3 Å². The van der Waals surface area contributed by atoms with Crippen LogP contribution in [0.2, 0.25) is 0 Å². The van der Waals surface area contributed by atoms with Gasteiger partial charge in [0, 0.05) is 4.47 Å². The zero-order chi connectivity index (χ0) is 17.4. The first-order chi connectivity index (χ1) is 10.6. The van der Waals surface area contributed by atoms with Gasteiger partial charge < -0.3 is 5.11 Å². The van der Waals surface area contributed by atoms with Crippen LogP contribution in [0.4, 0.5) is 10.1 Å². The summed E-state index contributed by atoms with van der Waals surface area (Å²) >= 11 is 3.14. The number of benzene rings is 2. The Balaban J connectivity index is 2.56. The maximum Gasteiger partial charge on any atom is 0.335 e. The summed E-state index contributed by atoms with van der Waals surface area (Å²) in [5, 5.41) is 9.08. The highest BCUT2D eigenvalue weighted by Crippen LogP contribution is 2.26. The van der Waals surface area contributed by atoms with Crippen LogP contribution in [0.1, 0.15) is 21.5 Å². The first kappa shape index (κ1) is 17.4. The topological polar surface area (TPSA) is 83.5 Å². The van der Waals surface area contributed by atoms with E-state index < -0.39 is 21.8 Å². The lowest BCUT2D eigenvalue weighted by molar-refractivity contribution is 0.0696. The maximum absolute atomic E-state index is 13.8. The van der Waals surface area contributed by atoms with Crippen LogP contribution in [0, 0.1) is 19.7 Å². The number of sulfonamides is 1. The van der Waals surface area contributed by atoms with E-state index in [4.69, 9.17) is 5.11 Å². The molecule has 0 spiro atoms. The molecule has 2 aromatic rings. The number of hydrogen-bond acceptors (Lipinski definition) is 3. The molecule has 5 nitrogen and oxygen atoms in total. The van der Waals surface area contributed by atoms with E-state index in [1.807, 2.05) is 0 Å². The largest absolute Gasteiger partial charge is 0.478 e. The summed E-state index contributed by atoms with van der Waals surface area (Å²) in [4.78, 5) is 10.9. The van der Waals surface area contributed by atoms with Crippen molar-refractivity contribution in [1.29, 1.82) is 0 Å². The zero-order valence-electron chi connectivity index (χ0n) is 12.2. The van der Waals surface area contributed by atoms with E-state index in [9.17, 15) is 17.6 Å². The number of anilines is 1. The predicted octanol–water partition coefficient (Wildman–Crippen LogP) is 3.70. The number of aromatic carboxylic acids is 1. The van der Waals surface area contributed by atoms with Crippen LogP contribution < -0.4 is 4.72 Å². The van der Waals surface area contributed by atoms with E-state index >= 15 is 0 Å². The first-order valence-corrected chi connectivity index (χ1v) is 8.72. The van der Waals surface area contributed by atoms with Crippen molar-refractivity contribution in [1.82, 2.24) is 0 Å². The SMILES string of the molecule is Cc1cc(C(=O)O)cc(S(=O)(=O)Nc2cc(Br)ccc2F)c1C. The summed E-state index contributed by atoms with van der Waals surface area (Å²) in [6.07, 6.45) is 0. The molecule has 0 bridgehead atoms. The second-order valence-electron chi connectivity index (χ2n) is 4.95. The minimum Gasteiger partial charge on any atom is -0.478 e. The summed E-state index contributed by atoms with van der Waals surface area (Å²) in [5.41, 5.74) is 0.540. The Bertz CT molecular complexity index is 897. The van der Waals surface area contributed by atoms with Crippen molar-refractivity contribution in [3.63, 3.8) is 0 Å². The summed E-state index contributed by atoms with van der Waals surface area (Å²) in [5.74, 6) is -1.97. The molecular formula is C15H13BrFNO4S. The second-order valence-corrected chi connectivity index (χ2v) is 7.52. The van der Waals surface area contributed by atoms with Crippen LogP contribution >= 0.6 is 15.9 Å². The summed E-state index contributed by atoms with van der Waals surface area (Å²) < 4.78 is 41.5. The molecule has 8 heteroatoms. The molecule has 0 unspecified atom stereocenters. The van der Waals surface area contributed by atoms with Crippen molar-refractivity contribution in [2.75, 3.05) is 4.72 Å². The van der Waals surface area contributed by atoms with Crippen molar-refractivity contribution in [3.8, 4) is 0 Å². The van der Waals surface area contributed by atoms with Gasteiger partial charge >= 0.3 is 5.97 Å². The predicted molar refractivity (Wildman–Crippen MR) is 87.8 cm³/mol. The highest BCUT2D eigenvalue weighted by atomic mass is 79.9. The van der Waals surface area contributed by atoms with Gasteiger partial charge in [0.15, 0.2) is 0 Å². The molecule has 0 saturated carbocycles. The minimum atomic E-state index is -4.14. The van der Waals surface area contributed by atoms with Crippen LogP contribution in [0.15, 0.2) is 39.7 Å². The molecule has 0 heterocycles. The Morgan fingerprint density at radius 3 is 2.48 bits per heavy atom. The number of hydrogen-bond donors (Lipinski definition) is 2. The maximum atomic E-state index is 13.8. The molecule has 0 aromatic heterocycles.